The number of nitrogens with one attached hydrogen (secondary N) is 1. The smallest absolute Gasteiger partial charge is 0.279 e. The van der Waals surface area contributed by atoms with Gasteiger partial charge in [0, 0.05) is 56.8 Å². The van der Waals surface area contributed by atoms with Gasteiger partial charge in [-0.25, -0.2) is 18.7 Å². The SMILES string of the molecule is CCN(C(=O)c1cc(F)ccc1Oc1cncnc1N1CC2(CCN(C[C@H]3CC[C@H](NS(=O)(=O)N4CC[C@@H](F)C4)CC3)CC2)C1)C(C)C. The molecule has 1 aliphatic carbocycles. The van der Waals surface area contributed by atoms with E-state index in [-0.39, 0.29) is 54.2 Å². The molecule has 1 aromatic heterocycles. The average Bonchev–Trinajstić information content (AvgIpc) is 3.50. The molecule has 1 N–H and O–H groups in total. The van der Waals surface area contributed by atoms with Gasteiger partial charge in [0.25, 0.3) is 16.1 Å². The Morgan fingerprint density at radius 2 is 1.83 bits per heavy atom. The molecular weight excluding hydrogens is 640 g/mol. The molecule has 1 saturated carbocycles. The first-order valence-electron chi connectivity index (χ1n) is 17.4. The number of halogens is 2. The fraction of sp³-hybridized carbons (Fsp3) is 0.676. The zero-order valence-electron chi connectivity index (χ0n) is 28.3. The topological polar surface area (TPSA) is 111 Å². The van der Waals surface area contributed by atoms with E-state index in [0.29, 0.717) is 24.0 Å². The standard InChI is InChI=1S/C34H49F2N7O4S/c1-4-43(24(2)3)33(44)29-17-26(35)7-10-30(29)47-31-18-37-23-38-32(31)41-21-34(22-41)12-15-40(16-13-34)19-25-5-8-28(9-6-25)39-48(45,46)42-14-11-27(36)20-42/h7,10,17-18,23-25,27-28,39H,4-6,8-9,11-16,19-22H2,1-3H3/t25-,27-,28-/m1/s1. The number of anilines is 1. The van der Waals surface area contributed by atoms with Gasteiger partial charge >= 0.3 is 0 Å². The molecule has 3 saturated heterocycles. The van der Waals surface area contributed by atoms with Gasteiger partial charge < -0.3 is 19.4 Å². The van der Waals surface area contributed by atoms with Crippen LogP contribution in [0.25, 0.3) is 0 Å². The number of amides is 1. The summed E-state index contributed by atoms with van der Waals surface area (Å²) in [5.41, 5.74) is 0.375. The maximum atomic E-state index is 14.3. The fourth-order valence-corrected chi connectivity index (χ4v) is 9.36. The van der Waals surface area contributed by atoms with E-state index in [1.165, 1.54) is 28.8 Å². The Hall–Kier alpha value is -2.94. The molecule has 3 aliphatic heterocycles. The number of benzene rings is 1. The van der Waals surface area contributed by atoms with Crippen LogP contribution >= 0.6 is 0 Å². The number of piperidine rings is 1. The average molecular weight is 690 g/mol. The van der Waals surface area contributed by atoms with Crippen molar-refractivity contribution in [3.05, 3.63) is 42.1 Å². The number of hydrogen-bond acceptors (Lipinski definition) is 8. The van der Waals surface area contributed by atoms with E-state index >= 15 is 0 Å². The van der Waals surface area contributed by atoms with Gasteiger partial charge in [-0.15, -0.1) is 0 Å². The van der Waals surface area contributed by atoms with Gasteiger partial charge in [0.1, 0.15) is 24.1 Å². The van der Waals surface area contributed by atoms with Crippen LogP contribution in [0, 0.1) is 17.2 Å². The van der Waals surface area contributed by atoms with E-state index in [2.05, 4.69) is 24.5 Å². The summed E-state index contributed by atoms with van der Waals surface area (Å²) in [5.74, 6) is 1.13. The van der Waals surface area contributed by atoms with E-state index < -0.39 is 22.2 Å². The van der Waals surface area contributed by atoms with E-state index in [4.69, 9.17) is 4.74 Å². The van der Waals surface area contributed by atoms with E-state index in [0.717, 1.165) is 71.2 Å². The van der Waals surface area contributed by atoms with Crippen LogP contribution in [0.1, 0.15) is 76.1 Å². The zero-order valence-corrected chi connectivity index (χ0v) is 29.1. The van der Waals surface area contributed by atoms with Gasteiger partial charge in [-0.1, -0.05) is 0 Å². The summed E-state index contributed by atoms with van der Waals surface area (Å²) in [6.45, 7) is 11.2. The molecule has 1 aromatic carbocycles. The monoisotopic (exact) mass is 689 g/mol. The first-order valence-corrected chi connectivity index (χ1v) is 18.9. The summed E-state index contributed by atoms with van der Waals surface area (Å²) in [4.78, 5) is 28.5. The second kappa shape index (κ2) is 14.5. The van der Waals surface area contributed by atoms with Gasteiger partial charge in [0.15, 0.2) is 11.6 Å². The number of likely N-dealkylation sites (tertiary alicyclic amines) is 1. The predicted octanol–water partition coefficient (Wildman–Crippen LogP) is 4.62. The van der Waals surface area contributed by atoms with Crippen LogP contribution in [-0.2, 0) is 10.2 Å². The molecule has 1 spiro atoms. The number of alkyl halides is 1. The quantitative estimate of drug-likeness (QED) is 0.364. The number of aromatic nitrogens is 2. The first-order chi connectivity index (χ1) is 22.9. The normalized spacial score (nSPS) is 25.0. The maximum absolute atomic E-state index is 14.3. The second-order valence-electron chi connectivity index (χ2n) is 14.4. The van der Waals surface area contributed by atoms with Crippen molar-refractivity contribution in [2.24, 2.45) is 11.3 Å². The summed E-state index contributed by atoms with van der Waals surface area (Å²) in [6.07, 6.45) is 8.08. The molecule has 1 amide bonds. The van der Waals surface area contributed by atoms with Crippen LogP contribution < -0.4 is 14.4 Å². The van der Waals surface area contributed by atoms with Crippen molar-refractivity contribution in [3.63, 3.8) is 0 Å². The summed E-state index contributed by atoms with van der Waals surface area (Å²) in [7, 11) is -3.62. The van der Waals surface area contributed by atoms with Gasteiger partial charge in [0.05, 0.1) is 11.8 Å². The minimum absolute atomic E-state index is 0.0391. The van der Waals surface area contributed by atoms with Crippen LogP contribution in [-0.4, -0.2) is 109 Å². The number of carbonyl (C=O) groups excluding carboxylic acids is 1. The molecule has 264 valence electrons. The summed E-state index contributed by atoms with van der Waals surface area (Å²) < 4.78 is 63.4. The Morgan fingerprint density at radius 3 is 2.48 bits per heavy atom. The Bertz CT molecular complexity index is 1540. The van der Waals surface area contributed by atoms with Crippen LogP contribution in [0.3, 0.4) is 0 Å². The molecule has 1 atom stereocenters. The van der Waals surface area contributed by atoms with E-state index in [1.54, 1.807) is 11.1 Å². The molecule has 0 unspecified atom stereocenters. The minimum Gasteiger partial charge on any atom is -0.451 e. The molecule has 6 rings (SSSR count). The number of nitrogens with zero attached hydrogens (tertiary/aromatic N) is 6. The largest absolute Gasteiger partial charge is 0.451 e. The highest BCUT2D eigenvalue weighted by molar-refractivity contribution is 7.87. The summed E-state index contributed by atoms with van der Waals surface area (Å²) >= 11 is 0. The third-order valence-corrected chi connectivity index (χ3v) is 12.3. The lowest BCUT2D eigenvalue weighted by atomic mass is 9.71. The first kappa shape index (κ1) is 34.9. The fourth-order valence-electron chi connectivity index (χ4n) is 7.85. The number of rotatable bonds is 11. The number of hydrogen-bond donors (Lipinski definition) is 1. The van der Waals surface area contributed by atoms with Gasteiger partial charge in [-0.05, 0) is 103 Å². The Balaban J connectivity index is 0.993. The third-order valence-electron chi connectivity index (χ3n) is 10.7. The highest BCUT2D eigenvalue weighted by Crippen LogP contribution is 2.45. The molecule has 2 aromatic rings. The predicted molar refractivity (Wildman–Crippen MR) is 180 cm³/mol. The van der Waals surface area contributed by atoms with Crippen molar-refractivity contribution in [2.45, 2.75) is 84.0 Å². The Labute approximate surface area is 283 Å². The van der Waals surface area contributed by atoms with E-state index in [9.17, 15) is 22.0 Å². The molecular formula is C34H49F2N7O4S. The summed E-state index contributed by atoms with van der Waals surface area (Å²) in [6, 6.07) is 3.88. The highest BCUT2D eigenvalue weighted by atomic mass is 32.2. The zero-order chi connectivity index (χ0) is 34.1. The lowest BCUT2D eigenvalue weighted by Crippen LogP contribution is -2.61. The molecule has 4 aliphatic rings. The summed E-state index contributed by atoms with van der Waals surface area (Å²) in [5, 5.41) is 0. The molecule has 0 radical (unpaired) electrons. The minimum atomic E-state index is -3.62. The lowest BCUT2D eigenvalue weighted by molar-refractivity contribution is 0.0617. The lowest BCUT2D eigenvalue weighted by Gasteiger charge is -2.54. The van der Waals surface area contributed by atoms with Crippen molar-refractivity contribution >= 4 is 21.9 Å². The number of carbonyl (C=O) groups is 1. The molecule has 0 bridgehead atoms. The Morgan fingerprint density at radius 1 is 1.10 bits per heavy atom. The molecule has 4 heterocycles. The molecule has 4 fully saturated rings. The maximum Gasteiger partial charge on any atom is 0.279 e. The Kier molecular flexibility index (Phi) is 10.5. The van der Waals surface area contributed by atoms with Crippen LogP contribution in [0.5, 0.6) is 11.5 Å². The highest BCUT2D eigenvalue weighted by Gasteiger charge is 2.46. The molecule has 48 heavy (non-hydrogen) atoms. The van der Waals surface area contributed by atoms with Crippen molar-refractivity contribution < 1.29 is 26.7 Å². The second-order valence-corrected chi connectivity index (χ2v) is 16.1. The van der Waals surface area contributed by atoms with E-state index in [1.807, 2.05) is 20.8 Å². The van der Waals surface area contributed by atoms with Crippen molar-refractivity contribution in [1.29, 1.82) is 0 Å². The van der Waals surface area contributed by atoms with Crippen molar-refractivity contribution in [2.75, 3.05) is 57.3 Å². The molecule has 11 nitrogen and oxygen atoms in total. The van der Waals surface area contributed by atoms with Crippen LogP contribution in [0.2, 0.25) is 0 Å². The van der Waals surface area contributed by atoms with Gasteiger partial charge in [-0.2, -0.15) is 17.4 Å². The van der Waals surface area contributed by atoms with Gasteiger partial charge in [0.2, 0.25) is 0 Å². The van der Waals surface area contributed by atoms with Crippen LogP contribution in [0.4, 0.5) is 14.6 Å². The van der Waals surface area contributed by atoms with Crippen molar-refractivity contribution in [1.82, 2.24) is 28.8 Å². The van der Waals surface area contributed by atoms with Crippen LogP contribution in [0.15, 0.2) is 30.7 Å². The number of ether oxygens (including phenoxy) is 1. The van der Waals surface area contributed by atoms with Crippen molar-refractivity contribution in [3.8, 4) is 11.5 Å². The third kappa shape index (κ3) is 7.76. The molecule has 14 heteroatoms. The van der Waals surface area contributed by atoms with Gasteiger partial charge in [-0.3, -0.25) is 4.79 Å².